The number of carbonyl (C=O) groups is 2. The molecule has 0 aliphatic heterocycles. The molecular weight excluding hydrogens is 316 g/mol. The Morgan fingerprint density at radius 3 is 2.65 bits per heavy atom. The molecule has 0 amide bonds. The standard InChI is InChI=1S/C16H20N2O4S/c1-3-21-14(19)9-11(15(20)22-4-2)10-23-16-17-12-7-5-6-8-13(12)18-16/h5-8,11H,3-4,9-10H2,1-2H3,(H,17,18). The molecule has 0 radical (unpaired) electrons. The van der Waals surface area contributed by atoms with Crippen LogP contribution in [0.25, 0.3) is 11.0 Å². The second-order valence-electron chi connectivity index (χ2n) is 4.83. The lowest BCUT2D eigenvalue weighted by Crippen LogP contribution is -2.24. The van der Waals surface area contributed by atoms with Crippen molar-refractivity contribution < 1.29 is 19.1 Å². The molecule has 0 saturated carbocycles. The van der Waals surface area contributed by atoms with Crippen molar-refractivity contribution in [2.75, 3.05) is 19.0 Å². The van der Waals surface area contributed by atoms with Crippen LogP contribution in [0.1, 0.15) is 20.3 Å². The molecule has 1 N–H and O–H groups in total. The highest BCUT2D eigenvalue weighted by atomic mass is 32.2. The quantitative estimate of drug-likeness (QED) is 0.590. The highest BCUT2D eigenvalue weighted by molar-refractivity contribution is 7.99. The number of thioether (sulfide) groups is 1. The molecule has 23 heavy (non-hydrogen) atoms. The van der Waals surface area contributed by atoms with Crippen molar-refractivity contribution >= 4 is 34.7 Å². The van der Waals surface area contributed by atoms with Gasteiger partial charge in [0.15, 0.2) is 5.16 Å². The largest absolute Gasteiger partial charge is 0.466 e. The van der Waals surface area contributed by atoms with Crippen molar-refractivity contribution in [2.45, 2.75) is 25.4 Å². The van der Waals surface area contributed by atoms with E-state index in [0.29, 0.717) is 17.5 Å². The number of fused-ring (bicyclic) bond motifs is 1. The number of imidazole rings is 1. The van der Waals surface area contributed by atoms with Crippen molar-refractivity contribution in [1.29, 1.82) is 0 Å². The summed E-state index contributed by atoms with van der Waals surface area (Å²) in [7, 11) is 0. The summed E-state index contributed by atoms with van der Waals surface area (Å²) in [6, 6.07) is 7.70. The van der Waals surface area contributed by atoms with Gasteiger partial charge in [-0.05, 0) is 26.0 Å². The predicted octanol–water partition coefficient (Wildman–Crippen LogP) is 2.79. The first-order chi connectivity index (χ1) is 11.1. The molecule has 7 heteroatoms. The van der Waals surface area contributed by atoms with E-state index in [1.165, 1.54) is 11.8 Å². The Morgan fingerprint density at radius 2 is 1.96 bits per heavy atom. The van der Waals surface area contributed by atoms with Gasteiger partial charge in [-0.1, -0.05) is 23.9 Å². The molecular formula is C16H20N2O4S. The van der Waals surface area contributed by atoms with Crippen LogP contribution in [0, 0.1) is 5.92 Å². The Bertz CT molecular complexity index is 638. The van der Waals surface area contributed by atoms with Crippen molar-refractivity contribution in [3.63, 3.8) is 0 Å². The van der Waals surface area contributed by atoms with Gasteiger partial charge in [0.05, 0.1) is 36.6 Å². The van der Waals surface area contributed by atoms with Gasteiger partial charge in [0.2, 0.25) is 0 Å². The number of hydrogen-bond acceptors (Lipinski definition) is 6. The summed E-state index contributed by atoms with van der Waals surface area (Å²) >= 11 is 1.39. The molecule has 2 aromatic rings. The molecule has 1 atom stereocenters. The monoisotopic (exact) mass is 336 g/mol. The number of hydrogen-bond donors (Lipinski definition) is 1. The number of para-hydroxylation sites is 2. The number of ether oxygens (including phenoxy) is 2. The summed E-state index contributed by atoms with van der Waals surface area (Å²) in [6.45, 7) is 4.06. The summed E-state index contributed by atoms with van der Waals surface area (Å²) in [4.78, 5) is 31.3. The van der Waals surface area contributed by atoms with Crippen molar-refractivity contribution in [1.82, 2.24) is 9.97 Å². The Kier molecular flexibility index (Phi) is 6.46. The first-order valence-electron chi connectivity index (χ1n) is 7.53. The van der Waals surface area contributed by atoms with E-state index in [9.17, 15) is 9.59 Å². The van der Waals surface area contributed by atoms with Gasteiger partial charge in [-0.3, -0.25) is 9.59 Å². The normalized spacial score (nSPS) is 12.1. The molecule has 1 aromatic heterocycles. The number of aromatic amines is 1. The average molecular weight is 336 g/mol. The third-order valence-corrected chi connectivity index (χ3v) is 4.16. The van der Waals surface area contributed by atoms with E-state index >= 15 is 0 Å². The van der Waals surface area contributed by atoms with Gasteiger partial charge in [0.1, 0.15) is 0 Å². The molecule has 0 fully saturated rings. The third kappa shape index (κ3) is 4.99. The fourth-order valence-corrected chi connectivity index (χ4v) is 3.03. The zero-order chi connectivity index (χ0) is 16.7. The highest BCUT2D eigenvalue weighted by Gasteiger charge is 2.24. The molecule has 1 aromatic carbocycles. The maximum atomic E-state index is 12.0. The van der Waals surface area contributed by atoms with Gasteiger partial charge < -0.3 is 14.5 Å². The van der Waals surface area contributed by atoms with Gasteiger partial charge in [-0.15, -0.1) is 0 Å². The van der Waals surface area contributed by atoms with Crippen molar-refractivity contribution in [3.8, 4) is 0 Å². The number of rotatable bonds is 8. The van der Waals surface area contributed by atoms with E-state index in [-0.39, 0.29) is 19.0 Å². The van der Waals surface area contributed by atoms with Gasteiger partial charge in [0.25, 0.3) is 0 Å². The van der Waals surface area contributed by atoms with Gasteiger partial charge >= 0.3 is 11.9 Å². The Labute approximate surface area is 138 Å². The molecule has 0 bridgehead atoms. The number of H-pyrrole nitrogens is 1. The van der Waals surface area contributed by atoms with Crippen LogP contribution < -0.4 is 0 Å². The van der Waals surface area contributed by atoms with E-state index in [0.717, 1.165) is 11.0 Å². The van der Waals surface area contributed by atoms with Gasteiger partial charge in [0, 0.05) is 5.75 Å². The second-order valence-corrected chi connectivity index (χ2v) is 5.84. The number of carbonyl (C=O) groups excluding carboxylic acids is 2. The van der Waals surface area contributed by atoms with Crippen molar-refractivity contribution in [3.05, 3.63) is 24.3 Å². The van der Waals surface area contributed by atoms with Crippen LogP contribution >= 0.6 is 11.8 Å². The minimum atomic E-state index is -0.549. The van der Waals surface area contributed by atoms with Crippen molar-refractivity contribution in [2.24, 2.45) is 5.92 Å². The predicted molar refractivity (Wildman–Crippen MR) is 88.2 cm³/mol. The van der Waals surface area contributed by atoms with E-state index < -0.39 is 11.9 Å². The first kappa shape index (κ1) is 17.3. The molecule has 0 saturated heterocycles. The van der Waals surface area contributed by atoms with E-state index in [1.54, 1.807) is 13.8 Å². The minimum Gasteiger partial charge on any atom is -0.466 e. The molecule has 0 aliphatic carbocycles. The Hall–Kier alpha value is -2.02. The zero-order valence-corrected chi connectivity index (χ0v) is 14.0. The summed E-state index contributed by atoms with van der Waals surface area (Å²) in [6.07, 6.45) is 0.0138. The first-order valence-corrected chi connectivity index (χ1v) is 8.52. The van der Waals surface area contributed by atoms with Crippen LogP contribution in [-0.4, -0.2) is 40.9 Å². The van der Waals surface area contributed by atoms with Crippen LogP contribution in [0.4, 0.5) is 0 Å². The summed E-state index contributed by atoms with van der Waals surface area (Å²) in [5.74, 6) is -0.926. The van der Waals surface area contributed by atoms with Crippen LogP contribution in [0.5, 0.6) is 0 Å². The topological polar surface area (TPSA) is 81.3 Å². The average Bonchev–Trinajstić information content (AvgIpc) is 2.94. The van der Waals surface area contributed by atoms with E-state index in [1.807, 2.05) is 24.3 Å². The van der Waals surface area contributed by atoms with Crippen LogP contribution in [-0.2, 0) is 19.1 Å². The van der Waals surface area contributed by atoms with E-state index in [2.05, 4.69) is 9.97 Å². The molecule has 1 unspecified atom stereocenters. The molecule has 0 aliphatic rings. The lowest BCUT2D eigenvalue weighted by molar-refractivity contribution is -0.153. The molecule has 0 spiro atoms. The SMILES string of the molecule is CCOC(=O)CC(CSc1nc2ccccc2[nH]1)C(=O)OCC. The number of aromatic nitrogens is 2. The summed E-state index contributed by atoms with van der Waals surface area (Å²) < 4.78 is 9.96. The van der Waals surface area contributed by atoms with Crippen LogP contribution in [0.3, 0.4) is 0 Å². The van der Waals surface area contributed by atoms with E-state index in [4.69, 9.17) is 9.47 Å². The van der Waals surface area contributed by atoms with Crippen LogP contribution in [0.2, 0.25) is 0 Å². The lowest BCUT2D eigenvalue weighted by atomic mass is 10.1. The maximum Gasteiger partial charge on any atom is 0.310 e. The number of benzene rings is 1. The third-order valence-electron chi connectivity index (χ3n) is 3.13. The highest BCUT2D eigenvalue weighted by Crippen LogP contribution is 2.23. The minimum absolute atomic E-state index is 0.0138. The van der Waals surface area contributed by atoms with Crippen LogP contribution in [0.15, 0.2) is 29.4 Å². The molecule has 1 heterocycles. The molecule has 6 nitrogen and oxygen atoms in total. The molecule has 2 rings (SSSR count). The Balaban J connectivity index is 2.01. The zero-order valence-electron chi connectivity index (χ0n) is 13.2. The fourth-order valence-electron chi connectivity index (χ4n) is 2.07. The summed E-state index contributed by atoms with van der Waals surface area (Å²) in [5, 5.41) is 0.712. The summed E-state index contributed by atoms with van der Waals surface area (Å²) in [5.41, 5.74) is 1.81. The number of nitrogens with zero attached hydrogens (tertiary/aromatic N) is 1. The van der Waals surface area contributed by atoms with Gasteiger partial charge in [-0.25, -0.2) is 4.98 Å². The smallest absolute Gasteiger partial charge is 0.310 e. The fraction of sp³-hybridized carbons (Fsp3) is 0.438. The number of esters is 2. The molecule has 124 valence electrons. The Morgan fingerprint density at radius 1 is 1.22 bits per heavy atom. The maximum absolute atomic E-state index is 12.0. The second kappa shape index (κ2) is 8.57. The number of nitrogens with one attached hydrogen (secondary N) is 1. The lowest BCUT2D eigenvalue weighted by Gasteiger charge is -2.13. The van der Waals surface area contributed by atoms with Gasteiger partial charge in [-0.2, -0.15) is 0 Å².